The van der Waals surface area contributed by atoms with E-state index in [0.29, 0.717) is 6.61 Å². The molecule has 0 aromatic heterocycles. The first kappa shape index (κ1) is 10.8. The predicted molar refractivity (Wildman–Crippen MR) is 72.0 cm³/mol. The molecule has 0 saturated carbocycles. The van der Waals surface area contributed by atoms with Crippen LogP contribution in [0.2, 0.25) is 0 Å². The summed E-state index contributed by atoms with van der Waals surface area (Å²) in [7, 11) is 0. The van der Waals surface area contributed by atoms with Gasteiger partial charge in [0.25, 0.3) is 3.90 Å². The van der Waals surface area contributed by atoms with Gasteiger partial charge in [0, 0.05) is 0 Å². The lowest BCUT2D eigenvalue weighted by Crippen LogP contribution is -2.02. The minimum atomic E-state index is -0.346. The zero-order valence-electron chi connectivity index (χ0n) is 7.73. The quantitative estimate of drug-likeness (QED) is 0.605. The van der Waals surface area contributed by atoms with Gasteiger partial charge in [-0.05, 0) is 37.9 Å². The summed E-state index contributed by atoms with van der Waals surface area (Å²) >= 11 is 5.32. The predicted octanol–water partition coefficient (Wildman–Crippen LogP) is 2.90. The summed E-state index contributed by atoms with van der Waals surface area (Å²) in [5.41, 5.74) is 1.13. The van der Waals surface area contributed by atoms with E-state index in [1.165, 1.54) is 0 Å². The van der Waals surface area contributed by atoms with Gasteiger partial charge >= 0.3 is 0 Å². The van der Waals surface area contributed by atoms with E-state index in [9.17, 15) is 0 Å². The monoisotopic (exact) mass is 334 g/mol. The molecule has 3 nitrogen and oxygen atoms in total. The molecule has 1 aromatic carbocycles. The molecule has 5 heteroatoms. The highest BCUT2D eigenvalue weighted by molar-refractivity contribution is 14.2. The summed E-state index contributed by atoms with van der Waals surface area (Å²) < 4.78 is 8.06. The molecule has 0 atom stereocenters. The fourth-order valence-electron chi connectivity index (χ4n) is 1.01. The standard InChI is InChI=1S/C10H8ClIN2O/c11-9-13-7-12-10(14-9)15-6-8-4-2-1-3-5-8/h1-5,7H,6H2. The lowest BCUT2D eigenvalue weighted by atomic mass is 10.2. The zero-order chi connectivity index (χ0) is 10.5. The molecule has 0 N–H and O–H groups in total. The third kappa shape index (κ3) is 3.39. The average molecular weight is 335 g/mol. The van der Waals surface area contributed by atoms with E-state index in [2.05, 4.69) is 9.98 Å². The molecule has 0 spiro atoms. The number of ether oxygens (including phenoxy) is 1. The van der Waals surface area contributed by atoms with E-state index in [-0.39, 0.29) is 26.0 Å². The van der Waals surface area contributed by atoms with Crippen molar-refractivity contribution in [3.05, 3.63) is 35.9 Å². The highest BCUT2D eigenvalue weighted by atomic mass is 127. The van der Waals surface area contributed by atoms with Crippen molar-refractivity contribution in [2.45, 2.75) is 6.61 Å². The Morgan fingerprint density at radius 2 is 2.07 bits per heavy atom. The van der Waals surface area contributed by atoms with Gasteiger partial charge in [0.05, 0.1) is 4.14 Å². The van der Waals surface area contributed by atoms with Gasteiger partial charge in [-0.1, -0.05) is 30.3 Å². The Morgan fingerprint density at radius 1 is 1.27 bits per heavy atom. The van der Waals surface area contributed by atoms with Crippen molar-refractivity contribution in [3.63, 3.8) is 0 Å². The first-order valence-corrected chi connectivity index (χ1v) is 6.98. The molecule has 0 fully saturated rings. The highest BCUT2D eigenvalue weighted by Crippen LogP contribution is 2.12. The van der Waals surface area contributed by atoms with Crippen molar-refractivity contribution in [1.82, 2.24) is 0 Å². The number of hydrogen-bond donors (Lipinski definition) is 0. The molecule has 0 unspecified atom stereocenters. The van der Waals surface area contributed by atoms with Crippen molar-refractivity contribution in [2.24, 2.45) is 9.98 Å². The van der Waals surface area contributed by atoms with E-state index in [4.69, 9.17) is 16.3 Å². The summed E-state index contributed by atoms with van der Waals surface area (Å²) in [6.07, 6.45) is 0. The number of rotatable bonds is 2. The van der Waals surface area contributed by atoms with Crippen molar-refractivity contribution in [3.8, 4) is 0 Å². The van der Waals surface area contributed by atoms with Crippen LogP contribution in [0.15, 0.2) is 40.3 Å². The molecule has 78 valence electrons. The molecule has 1 heterocycles. The van der Waals surface area contributed by atoms with Crippen LogP contribution in [-0.4, -0.2) is 13.3 Å². The summed E-state index contributed by atoms with van der Waals surface area (Å²) in [4.78, 5) is 7.90. The maximum absolute atomic E-state index is 5.66. The summed E-state index contributed by atoms with van der Waals surface area (Å²) in [5.74, 6) is 0. The van der Waals surface area contributed by atoms with Crippen LogP contribution in [0.5, 0.6) is 0 Å². The van der Waals surface area contributed by atoms with Crippen LogP contribution in [0.3, 0.4) is 0 Å². The second-order valence-electron chi connectivity index (χ2n) is 2.74. The molecule has 2 rings (SSSR count). The Labute approximate surface area is 103 Å². The lowest BCUT2D eigenvalue weighted by molar-refractivity contribution is 0.306. The fraction of sp³-hybridized carbons (Fsp3) is 0.100. The minimum Gasteiger partial charge on any atom is -0.469 e. The van der Waals surface area contributed by atoms with Crippen LogP contribution in [-0.2, 0) is 11.3 Å². The summed E-state index contributed by atoms with van der Waals surface area (Å²) in [5, 5.41) is 0.254. The molecule has 1 aliphatic rings. The number of hydrogen-bond acceptors (Lipinski definition) is 3. The molecule has 0 amide bonds. The van der Waals surface area contributed by atoms with Crippen LogP contribution < -0.4 is 0 Å². The smallest absolute Gasteiger partial charge is 0.250 e. The van der Waals surface area contributed by atoms with Gasteiger partial charge < -0.3 is 4.74 Å². The van der Waals surface area contributed by atoms with Gasteiger partial charge in [-0.15, -0.1) is 0 Å². The second kappa shape index (κ2) is 5.37. The number of benzene rings is 1. The van der Waals surface area contributed by atoms with Crippen LogP contribution in [0.4, 0.5) is 0 Å². The number of halogens is 2. The van der Waals surface area contributed by atoms with Crippen molar-refractivity contribution < 1.29 is 4.74 Å². The molecular formula is C10H8ClIN2O. The SMILES string of the molecule is ClC1=NC=IC(OCc2ccccc2)=N1. The van der Waals surface area contributed by atoms with Crippen LogP contribution in [0.1, 0.15) is 5.56 Å². The molecule has 0 radical (unpaired) electrons. The molecular weight excluding hydrogens is 326 g/mol. The van der Waals surface area contributed by atoms with Gasteiger partial charge in [0.15, 0.2) is 0 Å². The van der Waals surface area contributed by atoms with Crippen molar-refractivity contribution >= 4 is 45.7 Å². The zero-order valence-corrected chi connectivity index (χ0v) is 10.6. The lowest BCUT2D eigenvalue weighted by Gasteiger charge is -2.06. The van der Waals surface area contributed by atoms with Crippen LogP contribution in [0, 0.1) is 0 Å². The Kier molecular flexibility index (Phi) is 3.85. The van der Waals surface area contributed by atoms with Crippen LogP contribution in [0.25, 0.3) is 0 Å². The maximum Gasteiger partial charge on any atom is 0.250 e. The van der Waals surface area contributed by atoms with E-state index >= 15 is 0 Å². The third-order valence-corrected chi connectivity index (χ3v) is 3.50. The topological polar surface area (TPSA) is 34.0 Å². The molecule has 1 aliphatic heterocycles. The van der Waals surface area contributed by atoms with Crippen molar-refractivity contribution in [2.75, 3.05) is 0 Å². The number of amidine groups is 1. The van der Waals surface area contributed by atoms with Gasteiger partial charge in [-0.3, -0.25) is 0 Å². The second-order valence-corrected chi connectivity index (χ2v) is 5.18. The Morgan fingerprint density at radius 3 is 2.80 bits per heavy atom. The number of nitrogens with zero attached hydrogens (tertiary/aromatic N) is 2. The summed E-state index contributed by atoms with van der Waals surface area (Å²) in [6, 6.07) is 9.97. The largest absolute Gasteiger partial charge is 0.469 e. The fourth-order valence-corrected chi connectivity index (χ4v) is 2.79. The molecule has 1 aromatic rings. The Balaban J connectivity index is 1.95. The van der Waals surface area contributed by atoms with Gasteiger partial charge in [0.1, 0.15) is 6.61 Å². The van der Waals surface area contributed by atoms with Gasteiger partial charge in [-0.25, -0.2) is 4.99 Å². The first-order chi connectivity index (χ1) is 7.34. The minimum absolute atomic E-state index is 0.254. The Hall–Kier alpha value is -0.750. The van der Waals surface area contributed by atoms with E-state index in [1.54, 1.807) is 4.14 Å². The van der Waals surface area contributed by atoms with Gasteiger partial charge in [-0.2, -0.15) is 4.99 Å². The van der Waals surface area contributed by atoms with Crippen LogP contribution >= 0.6 is 32.3 Å². The average Bonchev–Trinajstić information content (AvgIpc) is 2.28. The van der Waals surface area contributed by atoms with Gasteiger partial charge in [0.2, 0.25) is 5.29 Å². The summed E-state index contributed by atoms with van der Waals surface area (Å²) in [6.45, 7) is 0.539. The maximum atomic E-state index is 5.66. The van der Waals surface area contributed by atoms with E-state index in [1.807, 2.05) is 30.3 Å². The normalized spacial score (nSPS) is 15.0. The van der Waals surface area contributed by atoms with E-state index < -0.39 is 0 Å². The van der Waals surface area contributed by atoms with E-state index in [0.717, 1.165) is 9.47 Å². The Bertz CT molecular complexity index is 428. The highest BCUT2D eigenvalue weighted by Gasteiger charge is 2.03. The molecule has 0 saturated heterocycles. The molecule has 0 bridgehead atoms. The molecule has 0 aliphatic carbocycles. The first-order valence-electron chi connectivity index (χ1n) is 4.28. The molecule has 15 heavy (non-hydrogen) atoms. The number of aliphatic imine (C=N–C) groups is 2. The van der Waals surface area contributed by atoms with Crippen molar-refractivity contribution in [1.29, 1.82) is 0 Å². The third-order valence-electron chi connectivity index (χ3n) is 1.68.